The van der Waals surface area contributed by atoms with Gasteiger partial charge in [0, 0.05) is 10.0 Å². The largest absolute Gasteiger partial charge is 0.282 e. The Kier molecular flexibility index (Phi) is 6.27. The quantitative estimate of drug-likeness (QED) is 0.447. The van der Waals surface area contributed by atoms with Crippen LogP contribution in [0.15, 0.2) is 92.6 Å². The van der Waals surface area contributed by atoms with Gasteiger partial charge in [-0.2, -0.15) is 12.8 Å². The number of halogens is 1. The van der Waals surface area contributed by atoms with Crippen LogP contribution in [-0.4, -0.2) is 14.1 Å². The summed E-state index contributed by atoms with van der Waals surface area (Å²) in [6.07, 6.45) is 3.60. The van der Waals surface area contributed by atoms with E-state index in [1.54, 1.807) is 30.3 Å². The molecule has 142 valence electrons. The summed E-state index contributed by atoms with van der Waals surface area (Å²) in [5.74, 6) is 0. The van der Waals surface area contributed by atoms with E-state index >= 15 is 0 Å². The SMILES string of the molecule is Cc1ccc(/C=C/C(=NS(=O)(=O)c2ccc(C)cc2)c2ccc(Br)cc2)cc1. The average Bonchev–Trinajstić information content (AvgIpc) is 2.67. The minimum absolute atomic E-state index is 0.177. The second-order valence-corrected chi connectivity index (χ2v) is 9.04. The van der Waals surface area contributed by atoms with Crippen molar-refractivity contribution in [2.45, 2.75) is 18.7 Å². The maximum absolute atomic E-state index is 12.8. The number of rotatable bonds is 5. The molecule has 0 atom stereocenters. The highest BCUT2D eigenvalue weighted by Gasteiger charge is 2.14. The van der Waals surface area contributed by atoms with Crippen molar-refractivity contribution in [1.82, 2.24) is 0 Å². The molecule has 0 aromatic heterocycles. The summed E-state index contributed by atoms with van der Waals surface area (Å²) in [5.41, 5.74) is 4.25. The molecule has 0 saturated heterocycles. The van der Waals surface area contributed by atoms with Crippen molar-refractivity contribution in [3.63, 3.8) is 0 Å². The van der Waals surface area contributed by atoms with Crippen molar-refractivity contribution in [3.8, 4) is 0 Å². The normalized spacial score (nSPS) is 12.5. The predicted molar refractivity (Wildman–Crippen MR) is 119 cm³/mol. The minimum atomic E-state index is -3.82. The molecule has 0 aliphatic rings. The monoisotopic (exact) mass is 453 g/mol. The van der Waals surface area contributed by atoms with Gasteiger partial charge in [0.1, 0.15) is 0 Å². The summed E-state index contributed by atoms with van der Waals surface area (Å²) in [7, 11) is -3.82. The Morgan fingerprint density at radius 2 is 1.36 bits per heavy atom. The zero-order chi connectivity index (χ0) is 20.1. The average molecular weight is 454 g/mol. The Hall–Kier alpha value is -2.50. The van der Waals surface area contributed by atoms with Gasteiger partial charge in [-0.3, -0.25) is 0 Å². The van der Waals surface area contributed by atoms with Crippen LogP contribution >= 0.6 is 15.9 Å². The first-order chi connectivity index (χ1) is 13.3. The number of aryl methyl sites for hydroxylation is 2. The second kappa shape index (κ2) is 8.67. The molecular weight excluding hydrogens is 434 g/mol. The van der Waals surface area contributed by atoms with E-state index in [1.165, 1.54) is 5.56 Å². The van der Waals surface area contributed by atoms with Crippen LogP contribution in [0.4, 0.5) is 0 Å². The van der Waals surface area contributed by atoms with E-state index in [4.69, 9.17) is 0 Å². The molecule has 0 fully saturated rings. The summed E-state index contributed by atoms with van der Waals surface area (Å²) in [6.45, 7) is 3.94. The summed E-state index contributed by atoms with van der Waals surface area (Å²) in [4.78, 5) is 0.177. The standard InChI is InChI=1S/C23H20BrNO2S/c1-17-3-7-19(8-4-17)9-16-23(20-10-12-21(24)13-11-20)25-28(26,27)22-14-5-18(2)6-15-22/h3-16H,1-2H3/b16-9+,25-23?. The molecule has 0 heterocycles. The van der Waals surface area contributed by atoms with Gasteiger partial charge in [-0.05, 0) is 49.8 Å². The van der Waals surface area contributed by atoms with Crippen LogP contribution in [0.2, 0.25) is 0 Å². The topological polar surface area (TPSA) is 46.5 Å². The molecular formula is C23H20BrNO2S. The Bertz CT molecular complexity index is 1110. The van der Waals surface area contributed by atoms with Crippen molar-refractivity contribution in [2.24, 2.45) is 4.40 Å². The molecule has 0 spiro atoms. The lowest BCUT2D eigenvalue weighted by Crippen LogP contribution is -2.04. The van der Waals surface area contributed by atoms with E-state index in [9.17, 15) is 8.42 Å². The van der Waals surface area contributed by atoms with Crippen molar-refractivity contribution in [1.29, 1.82) is 0 Å². The molecule has 0 unspecified atom stereocenters. The highest BCUT2D eigenvalue weighted by molar-refractivity contribution is 9.10. The number of nitrogens with zero attached hydrogens (tertiary/aromatic N) is 1. The number of sulfonamides is 1. The van der Waals surface area contributed by atoms with Crippen molar-refractivity contribution >= 4 is 37.7 Å². The highest BCUT2D eigenvalue weighted by Crippen LogP contribution is 2.18. The van der Waals surface area contributed by atoms with Crippen LogP contribution in [0.25, 0.3) is 6.08 Å². The molecule has 0 N–H and O–H groups in total. The first-order valence-corrected chi connectivity index (χ1v) is 11.0. The van der Waals surface area contributed by atoms with Crippen molar-refractivity contribution < 1.29 is 8.42 Å². The first kappa shape index (κ1) is 20.2. The van der Waals surface area contributed by atoms with Gasteiger partial charge in [0.15, 0.2) is 0 Å². The molecule has 3 rings (SSSR count). The molecule has 3 aromatic carbocycles. The summed E-state index contributed by atoms with van der Waals surface area (Å²) < 4.78 is 30.7. The number of allylic oxidation sites excluding steroid dienone is 1. The van der Waals surface area contributed by atoms with Crippen LogP contribution in [0.3, 0.4) is 0 Å². The van der Waals surface area contributed by atoms with E-state index in [0.717, 1.165) is 21.2 Å². The van der Waals surface area contributed by atoms with Crippen LogP contribution in [-0.2, 0) is 10.0 Å². The van der Waals surface area contributed by atoms with Crippen LogP contribution in [0.1, 0.15) is 22.3 Å². The lowest BCUT2D eigenvalue weighted by Gasteiger charge is -2.05. The maximum atomic E-state index is 12.8. The molecule has 5 heteroatoms. The van der Waals surface area contributed by atoms with Gasteiger partial charge >= 0.3 is 0 Å². The molecule has 0 bridgehead atoms. The third kappa shape index (κ3) is 5.27. The van der Waals surface area contributed by atoms with E-state index in [1.807, 2.05) is 68.5 Å². The summed E-state index contributed by atoms with van der Waals surface area (Å²) in [6, 6.07) is 22.1. The Balaban J connectivity index is 2.04. The molecule has 0 aliphatic carbocycles. The smallest absolute Gasteiger partial charge is 0.199 e. The molecule has 3 aromatic rings. The van der Waals surface area contributed by atoms with Crippen molar-refractivity contribution in [3.05, 3.63) is 106 Å². The Morgan fingerprint density at radius 1 is 0.821 bits per heavy atom. The van der Waals surface area contributed by atoms with Gasteiger partial charge in [0.2, 0.25) is 0 Å². The molecule has 0 aliphatic heterocycles. The second-order valence-electron chi connectivity index (χ2n) is 6.52. The van der Waals surface area contributed by atoms with Crippen molar-refractivity contribution in [2.75, 3.05) is 0 Å². The van der Waals surface area contributed by atoms with Gasteiger partial charge in [-0.25, -0.2) is 0 Å². The fourth-order valence-electron chi connectivity index (χ4n) is 2.55. The van der Waals surface area contributed by atoms with E-state index < -0.39 is 10.0 Å². The lowest BCUT2D eigenvalue weighted by molar-refractivity contribution is 0.598. The van der Waals surface area contributed by atoms with Gasteiger partial charge < -0.3 is 0 Å². The zero-order valence-corrected chi connectivity index (χ0v) is 18.0. The Morgan fingerprint density at radius 3 is 1.93 bits per heavy atom. The molecule has 0 radical (unpaired) electrons. The fourth-order valence-corrected chi connectivity index (χ4v) is 3.82. The zero-order valence-electron chi connectivity index (χ0n) is 15.6. The van der Waals surface area contributed by atoms with Gasteiger partial charge in [-0.1, -0.05) is 81.7 Å². The maximum Gasteiger partial charge on any atom is 0.282 e. The molecule has 0 saturated carbocycles. The number of hydrogen-bond donors (Lipinski definition) is 0. The summed E-state index contributed by atoms with van der Waals surface area (Å²) in [5, 5.41) is 0. The van der Waals surface area contributed by atoms with E-state index in [-0.39, 0.29) is 4.90 Å². The van der Waals surface area contributed by atoms with Crippen LogP contribution in [0, 0.1) is 13.8 Å². The number of hydrogen-bond acceptors (Lipinski definition) is 2. The third-order valence-electron chi connectivity index (χ3n) is 4.19. The molecule has 28 heavy (non-hydrogen) atoms. The molecule has 3 nitrogen and oxygen atoms in total. The third-order valence-corrected chi connectivity index (χ3v) is 6.02. The first-order valence-electron chi connectivity index (χ1n) is 8.76. The van der Waals surface area contributed by atoms with Crippen LogP contribution in [0.5, 0.6) is 0 Å². The van der Waals surface area contributed by atoms with E-state index in [0.29, 0.717) is 5.71 Å². The minimum Gasteiger partial charge on any atom is -0.199 e. The van der Waals surface area contributed by atoms with Gasteiger partial charge in [0.05, 0.1) is 10.6 Å². The van der Waals surface area contributed by atoms with Gasteiger partial charge in [-0.15, -0.1) is 0 Å². The highest BCUT2D eigenvalue weighted by atomic mass is 79.9. The van der Waals surface area contributed by atoms with Crippen LogP contribution < -0.4 is 0 Å². The van der Waals surface area contributed by atoms with E-state index in [2.05, 4.69) is 20.3 Å². The predicted octanol–water partition coefficient (Wildman–Crippen LogP) is 5.96. The Labute approximate surface area is 174 Å². The van der Waals surface area contributed by atoms with Gasteiger partial charge in [0.25, 0.3) is 10.0 Å². The number of benzene rings is 3. The fraction of sp³-hybridized carbons (Fsp3) is 0.0870. The lowest BCUT2D eigenvalue weighted by atomic mass is 10.1. The molecule has 0 amide bonds. The summed E-state index contributed by atoms with van der Waals surface area (Å²) >= 11 is 3.41.